The summed E-state index contributed by atoms with van der Waals surface area (Å²) in [6, 6.07) is 27.7. The lowest BCUT2D eigenvalue weighted by Gasteiger charge is -2.42. The Labute approximate surface area is 257 Å². The molecule has 0 radical (unpaired) electrons. The van der Waals surface area contributed by atoms with Gasteiger partial charge in [-0.15, -0.1) is 0 Å². The van der Waals surface area contributed by atoms with E-state index in [1.165, 1.54) is 77.5 Å². The van der Waals surface area contributed by atoms with Gasteiger partial charge < -0.3 is 0 Å². The first kappa shape index (κ1) is 27.9. The summed E-state index contributed by atoms with van der Waals surface area (Å²) in [5, 5.41) is 4.09. The van der Waals surface area contributed by atoms with Crippen LogP contribution in [0.1, 0.15) is 95.0 Å². The Kier molecular flexibility index (Phi) is 6.03. The van der Waals surface area contributed by atoms with Crippen LogP contribution >= 0.6 is 0 Å². The maximum Gasteiger partial charge on any atom is 0.296 e. The minimum Gasteiger partial charge on any atom is -0.223 e. The number of benzene rings is 4. The molecule has 0 saturated heterocycles. The molecular weight excluding hydrogens is 520 g/mol. The maximum atomic E-state index is 2.62. The van der Waals surface area contributed by atoms with Gasteiger partial charge in [-0.3, -0.25) is 0 Å². The molecule has 0 aliphatic carbocycles. The zero-order chi connectivity index (χ0) is 30.6. The summed E-state index contributed by atoms with van der Waals surface area (Å²) in [5.41, 5.74) is 14.6. The highest BCUT2D eigenvalue weighted by Gasteiger charge is 2.51. The Morgan fingerprint density at radius 3 is 1.93 bits per heavy atom. The van der Waals surface area contributed by atoms with Gasteiger partial charge in [-0.05, 0) is 90.6 Å². The summed E-state index contributed by atoms with van der Waals surface area (Å²) in [7, 11) is 0. The smallest absolute Gasteiger partial charge is 0.223 e. The lowest BCUT2D eigenvalue weighted by atomic mass is 9.66. The van der Waals surface area contributed by atoms with E-state index in [-0.39, 0.29) is 11.0 Å². The van der Waals surface area contributed by atoms with Gasteiger partial charge in [0.25, 0.3) is 5.65 Å². The summed E-state index contributed by atoms with van der Waals surface area (Å²) < 4.78 is 5.24. The molecule has 218 valence electrons. The normalized spacial score (nSPS) is 15.5. The summed E-state index contributed by atoms with van der Waals surface area (Å²) >= 11 is 0. The first-order valence-corrected chi connectivity index (χ1v) is 16.0. The maximum absolute atomic E-state index is 2.62. The molecule has 0 N–H and O–H groups in total. The van der Waals surface area contributed by atoms with E-state index in [2.05, 4.69) is 157 Å². The lowest BCUT2D eigenvalue weighted by Crippen LogP contribution is -2.63. The topological polar surface area (TPSA) is 8.29 Å². The molecule has 0 bridgehead atoms. The zero-order valence-electron chi connectivity index (χ0n) is 27.6. The first-order valence-electron chi connectivity index (χ1n) is 16.0. The molecule has 1 aliphatic rings. The molecule has 0 unspecified atom stereocenters. The fourth-order valence-electron chi connectivity index (χ4n) is 7.60. The van der Waals surface area contributed by atoms with E-state index in [9.17, 15) is 0 Å². The molecule has 3 heterocycles. The van der Waals surface area contributed by atoms with Crippen LogP contribution in [0, 0.1) is 13.8 Å². The number of rotatable bonds is 4. The lowest BCUT2D eigenvalue weighted by molar-refractivity contribution is -0.744. The Hall–Kier alpha value is -3.91. The highest BCUT2D eigenvalue weighted by atomic mass is 15.2. The Morgan fingerprint density at radius 1 is 0.674 bits per heavy atom. The fourth-order valence-corrected chi connectivity index (χ4v) is 7.60. The number of hydrogen-bond donors (Lipinski definition) is 0. The molecular formula is C41H45N2+. The minimum atomic E-state index is -0.134. The molecule has 0 atom stereocenters. The van der Waals surface area contributed by atoms with Crippen molar-refractivity contribution in [1.29, 1.82) is 0 Å². The third-order valence-corrected chi connectivity index (χ3v) is 11.0. The monoisotopic (exact) mass is 565 g/mol. The standard InChI is InChI=1S/C41H45N2/c1-24(2)31-21-29(28-15-12-11-13-16-28)22-32(25(3)4)37(31)36-23-42-39-38-30(17-14-18-34(38)40(7,8)41(42,9)10)33-19-26(5)27(6)20-35(33)43(36)39/h11-25H,1-10H3/q+1. The van der Waals surface area contributed by atoms with Crippen molar-refractivity contribution < 1.29 is 4.57 Å². The van der Waals surface area contributed by atoms with Gasteiger partial charge in [-0.25, -0.2) is 4.57 Å². The molecule has 2 nitrogen and oxygen atoms in total. The highest BCUT2D eigenvalue weighted by molar-refractivity contribution is 6.14. The van der Waals surface area contributed by atoms with E-state index in [4.69, 9.17) is 0 Å². The molecule has 4 aromatic carbocycles. The molecule has 1 aliphatic heterocycles. The van der Waals surface area contributed by atoms with Crippen LogP contribution in [0.15, 0.2) is 79.0 Å². The fraction of sp³-hybridized carbons (Fsp3) is 0.341. The van der Waals surface area contributed by atoms with Crippen LogP contribution in [-0.2, 0) is 11.0 Å². The van der Waals surface area contributed by atoms with Gasteiger partial charge in [0.15, 0.2) is 5.69 Å². The second-order valence-corrected chi connectivity index (χ2v) is 14.6. The summed E-state index contributed by atoms with van der Waals surface area (Å²) in [6.45, 7) is 23.6. The number of aryl methyl sites for hydroxylation is 2. The number of hydrogen-bond acceptors (Lipinski definition) is 0. The molecule has 6 aromatic rings. The largest absolute Gasteiger partial charge is 0.296 e. The van der Waals surface area contributed by atoms with Crippen LogP contribution in [0.5, 0.6) is 0 Å². The molecule has 0 saturated carbocycles. The van der Waals surface area contributed by atoms with Crippen LogP contribution in [0.4, 0.5) is 0 Å². The van der Waals surface area contributed by atoms with Gasteiger partial charge in [-0.2, -0.15) is 4.40 Å². The Balaban J connectivity index is 1.73. The van der Waals surface area contributed by atoms with Crippen LogP contribution in [0.25, 0.3) is 49.7 Å². The van der Waals surface area contributed by atoms with E-state index < -0.39 is 0 Å². The van der Waals surface area contributed by atoms with Crippen molar-refractivity contribution in [3.8, 4) is 22.4 Å². The molecule has 43 heavy (non-hydrogen) atoms. The SMILES string of the molecule is Cc1cc2c3cccc4c3c3n(c(-c5c(C(C)C)cc(-c6ccccc6)cc5C(C)C)c[n+]3C(C)(C)C4(C)C)c2cc1C. The molecule has 0 amide bonds. The Morgan fingerprint density at radius 2 is 1.30 bits per heavy atom. The first-order chi connectivity index (χ1) is 20.3. The van der Waals surface area contributed by atoms with E-state index in [0.29, 0.717) is 11.8 Å². The van der Waals surface area contributed by atoms with Crippen molar-refractivity contribution in [2.75, 3.05) is 0 Å². The van der Waals surface area contributed by atoms with Gasteiger partial charge in [-0.1, -0.05) is 102 Å². The second-order valence-electron chi connectivity index (χ2n) is 14.6. The molecule has 0 spiro atoms. The number of nitrogens with zero attached hydrogens (tertiary/aromatic N) is 2. The predicted octanol–water partition coefficient (Wildman–Crippen LogP) is 10.8. The molecule has 0 fully saturated rings. The van der Waals surface area contributed by atoms with Gasteiger partial charge in [0.05, 0.1) is 5.39 Å². The third-order valence-electron chi connectivity index (χ3n) is 11.0. The van der Waals surface area contributed by atoms with Gasteiger partial charge in [0, 0.05) is 21.8 Å². The zero-order valence-corrected chi connectivity index (χ0v) is 27.6. The van der Waals surface area contributed by atoms with Gasteiger partial charge in [0.2, 0.25) is 0 Å². The summed E-state index contributed by atoms with van der Waals surface area (Å²) in [4.78, 5) is 0. The van der Waals surface area contributed by atoms with Crippen molar-refractivity contribution in [3.63, 3.8) is 0 Å². The number of aromatic nitrogens is 2. The van der Waals surface area contributed by atoms with E-state index in [1.54, 1.807) is 0 Å². The van der Waals surface area contributed by atoms with Crippen molar-refractivity contribution in [2.45, 2.75) is 92.0 Å². The Bertz CT molecular complexity index is 2060. The molecule has 2 aromatic heterocycles. The van der Waals surface area contributed by atoms with Crippen molar-refractivity contribution in [2.24, 2.45) is 0 Å². The minimum absolute atomic E-state index is 0.0599. The molecule has 2 heteroatoms. The van der Waals surface area contributed by atoms with Crippen LogP contribution in [-0.4, -0.2) is 4.40 Å². The number of fused-ring (bicyclic) bond motifs is 3. The summed E-state index contributed by atoms with van der Waals surface area (Å²) in [5.74, 6) is 0.743. The average Bonchev–Trinajstić information content (AvgIpc) is 3.38. The number of imidazole rings is 1. The van der Waals surface area contributed by atoms with Gasteiger partial charge in [0.1, 0.15) is 17.3 Å². The van der Waals surface area contributed by atoms with Crippen LogP contribution < -0.4 is 4.57 Å². The van der Waals surface area contributed by atoms with Gasteiger partial charge >= 0.3 is 0 Å². The quantitative estimate of drug-likeness (QED) is 0.148. The highest BCUT2D eigenvalue weighted by Crippen LogP contribution is 2.49. The van der Waals surface area contributed by atoms with Crippen LogP contribution in [0.2, 0.25) is 0 Å². The van der Waals surface area contributed by atoms with E-state index in [1.807, 2.05) is 0 Å². The van der Waals surface area contributed by atoms with Crippen molar-refractivity contribution in [3.05, 3.63) is 107 Å². The van der Waals surface area contributed by atoms with E-state index in [0.717, 1.165) is 0 Å². The summed E-state index contributed by atoms with van der Waals surface area (Å²) in [6.07, 6.45) is 2.50. The van der Waals surface area contributed by atoms with Crippen molar-refractivity contribution >= 4 is 27.3 Å². The van der Waals surface area contributed by atoms with Crippen molar-refractivity contribution in [1.82, 2.24) is 4.40 Å². The average molecular weight is 566 g/mol. The predicted molar refractivity (Wildman–Crippen MR) is 183 cm³/mol. The van der Waals surface area contributed by atoms with E-state index >= 15 is 0 Å². The second kappa shape index (κ2) is 9.29. The third kappa shape index (κ3) is 3.75. The van der Waals surface area contributed by atoms with Crippen LogP contribution in [0.3, 0.4) is 0 Å². The molecule has 7 rings (SSSR count). The number of pyridine rings is 1.